The average Bonchev–Trinajstić information content (AvgIpc) is 2.43. The number of rotatable bonds is 7. The van der Waals surface area contributed by atoms with Gasteiger partial charge in [-0.25, -0.2) is 0 Å². The molecule has 0 aliphatic heterocycles. The second-order valence-corrected chi connectivity index (χ2v) is 6.30. The van der Waals surface area contributed by atoms with Gasteiger partial charge in [-0.3, -0.25) is 0 Å². The maximum atomic E-state index is 9.22. The van der Waals surface area contributed by atoms with Gasteiger partial charge < -0.3 is 5.32 Å². The Balaban J connectivity index is 2.47. The Labute approximate surface area is 129 Å². The number of benzene rings is 1. The molecule has 0 fully saturated rings. The smallest absolute Gasteiger partial charge is 0.106 e. The van der Waals surface area contributed by atoms with Crippen LogP contribution in [0.5, 0.6) is 0 Å². The topological polar surface area (TPSA) is 35.8 Å². The van der Waals surface area contributed by atoms with Crippen molar-refractivity contribution in [1.29, 1.82) is 5.26 Å². The summed E-state index contributed by atoms with van der Waals surface area (Å²) in [5.74, 6) is 0.922. The summed E-state index contributed by atoms with van der Waals surface area (Å²) in [5.41, 5.74) is -0.404. The molecule has 0 amide bonds. The van der Waals surface area contributed by atoms with Gasteiger partial charge in [0.15, 0.2) is 0 Å². The van der Waals surface area contributed by atoms with E-state index in [2.05, 4.69) is 11.4 Å². The minimum absolute atomic E-state index is 0.404. The minimum Gasteiger partial charge on any atom is -0.302 e. The van der Waals surface area contributed by atoms with Crippen LogP contribution >= 0.6 is 35.0 Å². The summed E-state index contributed by atoms with van der Waals surface area (Å²) in [5, 5.41) is 13.8. The number of hydrogen-bond donors (Lipinski definition) is 1. The summed E-state index contributed by atoms with van der Waals surface area (Å²) in [7, 11) is 1.84. The van der Waals surface area contributed by atoms with E-state index in [1.807, 2.05) is 26.1 Å². The van der Waals surface area contributed by atoms with E-state index in [0.717, 1.165) is 34.9 Å². The van der Waals surface area contributed by atoms with Crippen molar-refractivity contribution in [2.24, 2.45) is 0 Å². The molecule has 2 nitrogen and oxygen atoms in total. The Kier molecular flexibility index (Phi) is 7.02. The summed E-state index contributed by atoms with van der Waals surface area (Å²) >= 11 is 13.7. The molecule has 0 saturated heterocycles. The van der Waals surface area contributed by atoms with Gasteiger partial charge in [-0.1, -0.05) is 30.1 Å². The molecule has 1 aromatic carbocycles. The highest BCUT2D eigenvalue weighted by Gasteiger charge is 2.24. The zero-order valence-electron chi connectivity index (χ0n) is 11.2. The van der Waals surface area contributed by atoms with Crippen molar-refractivity contribution < 1.29 is 0 Å². The summed E-state index contributed by atoms with van der Waals surface area (Å²) in [4.78, 5) is 0.998. The van der Waals surface area contributed by atoms with E-state index in [-0.39, 0.29) is 0 Å². The standard InChI is InChI=1S/C14H18Cl2N2S/c1-3-14(10-17,18-2)7-4-8-19-13-9-11(15)5-6-12(13)16/h5-6,9,18H,3-4,7-8H2,1-2H3. The summed E-state index contributed by atoms with van der Waals surface area (Å²) in [6.45, 7) is 2.03. The predicted molar refractivity (Wildman–Crippen MR) is 84.1 cm³/mol. The van der Waals surface area contributed by atoms with Crippen LogP contribution in [0, 0.1) is 11.3 Å². The first-order valence-corrected chi connectivity index (χ1v) is 7.99. The van der Waals surface area contributed by atoms with Crippen LogP contribution in [0.25, 0.3) is 0 Å². The first-order valence-electron chi connectivity index (χ1n) is 6.25. The molecule has 0 bridgehead atoms. The molecule has 19 heavy (non-hydrogen) atoms. The Morgan fingerprint density at radius 3 is 2.74 bits per heavy atom. The fraction of sp³-hybridized carbons (Fsp3) is 0.500. The largest absolute Gasteiger partial charge is 0.302 e. The summed E-state index contributed by atoms with van der Waals surface area (Å²) in [6, 6.07) is 7.84. The number of halogens is 2. The van der Waals surface area contributed by atoms with E-state index in [9.17, 15) is 5.26 Å². The molecule has 0 radical (unpaired) electrons. The lowest BCUT2D eigenvalue weighted by molar-refractivity contribution is 0.400. The van der Waals surface area contributed by atoms with Crippen molar-refractivity contribution in [3.8, 4) is 6.07 Å². The Morgan fingerprint density at radius 2 is 2.16 bits per heavy atom. The van der Waals surface area contributed by atoms with Gasteiger partial charge in [0.1, 0.15) is 5.54 Å². The van der Waals surface area contributed by atoms with Crippen LogP contribution in [0.1, 0.15) is 26.2 Å². The molecule has 1 unspecified atom stereocenters. The van der Waals surface area contributed by atoms with Crippen LogP contribution in [0.4, 0.5) is 0 Å². The molecule has 0 spiro atoms. The molecular weight excluding hydrogens is 299 g/mol. The highest BCUT2D eigenvalue weighted by molar-refractivity contribution is 7.99. The maximum Gasteiger partial charge on any atom is 0.106 e. The van der Waals surface area contributed by atoms with Gasteiger partial charge in [-0.15, -0.1) is 11.8 Å². The second-order valence-electron chi connectivity index (χ2n) is 4.32. The van der Waals surface area contributed by atoms with Gasteiger partial charge >= 0.3 is 0 Å². The van der Waals surface area contributed by atoms with Crippen molar-refractivity contribution in [2.45, 2.75) is 36.6 Å². The van der Waals surface area contributed by atoms with Crippen molar-refractivity contribution in [2.75, 3.05) is 12.8 Å². The minimum atomic E-state index is -0.404. The zero-order chi connectivity index (χ0) is 14.3. The van der Waals surface area contributed by atoms with E-state index in [1.165, 1.54) is 0 Å². The number of hydrogen-bond acceptors (Lipinski definition) is 3. The highest BCUT2D eigenvalue weighted by atomic mass is 35.5. The van der Waals surface area contributed by atoms with Crippen LogP contribution in [-0.2, 0) is 0 Å². The fourth-order valence-corrected chi connectivity index (χ4v) is 3.26. The average molecular weight is 317 g/mol. The number of thioether (sulfide) groups is 1. The quantitative estimate of drug-likeness (QED) is 0.582. The number of nitrogens with zero attached hydrogens (tertiary/aromatic N) is 1. The van der Waals surface area contributed by atoms with E-state index in [4.69, 9.17) is 23.2 Å². The second kappa shape index (κ2) is 8.01. The lowest BCUT2D eigenvalue weighted by Gasteiger charge is -2.24. The Hall–Kier alpha value is -0.400. The van der Waals surface area contributed by atoms with Gasteiger partial charge in [0, 0.05) is 9.92 Å². The van der Waals surface area contributed by atoms with E-state index in [0.29, 0.717) is 5.02 Å². The lowest BCUT2D eigenvalue weighted by atomic mass is 9.93. The molecule has 0 aliphatic rings. The normalized spacial score (nSPS) is 13.8. The third kappa shape index (κ3) is 4.89. The number of nitriles is 1. The molecular formula is C14H18Cl2N2S. The third-order valence-corrected chi connectivity index (χ3v) is 5.01. The van der Waals surface area contributed by atoms with Crippen LogP contribution in [0.15, 0.2) is 23.1 Å². The lowest BCUT2D eigenvalue weighted by Crippen LogP contribution is -2.40. The van der Waals surface area contributed by atoms with Crippen molar-refractivity contribution in [1.82, 2.24) is 5.32 Å². The molecule has 1 aromatic rings. The van der Waals surface area contributed by atoms with Crippen LogP contribution < -0.4 is 5.32 Å². The molecule has 1 N–H and O–H groups in total. The molecule has 5 heteroatoms. The van der Waals surface area contributed by atoms with Gasteiger partial charge in [-0.2, -0.15) is 5.26 Å². The molecule has 0 aliphatic carbocycles. The monoisotopic (exact) mass is 316 g/mol. The first-order chi connectivity index (χ1) is 9.06. The third-order valence-electron chi connectivity index (χ3n) is 3.19. The molecule has 1 atom stereocenters. The fourth-order valence-electron chi connectivity index (χ4n) is 1.81. The van der Waals surface area contributed by atoms with E-state index in [1.54, 1.807) is 17.8 Å². The van der Waals surface area contributed by atoms with Crippen molar-refractivity contribution in [3.63, 3.8) is 0 Å². The van der Waals surface area contributed by atoms with Gasteiger partial charge in [0.25, 0.3) is 0 Å². The van der Waals surface area contributed by atoms with Gasteiger partial charge in [0.05, 0.1) is 11.1 Å². The molecule has 1 rings (SSSR count). The van der Waals surface area contributed by atoms with E-state index < -0.39 is 5.54 Å². The summed E-state index contributed by atoms with van der Waals surface area (Å²) in [6.07, 6.45) is 2.60. The van der Waals surface area contributed by atoms with Gasteiger partial charge in [0.2, 0.25) is 0 Å². The molecule has 0 saturated carbocycles. The predicted octanol–water partition coefficient (Wildman–Crippen LogP) is 4.76. The van der Waals surface area contributed by atoms with Crippen LogP contribution in [0.3, 0.4) is 0 Å². The number of nitrogens with one attached hydrogen (secondary N) is 1. The highest BCUT2D eigenvalue weighted by Crippen LogP contribution is 2.31. The Morgan fingerprint density at radius 1 is 1.42 bits per heavy atom. The SMILES string of the molecule is CCC(C#N)(CCCSc1cc(Cl)ccc1Cl)NC. The van der Waals surface area contributed by atoms with Crippen molar-refractivity contribution >= 4 is 35.0 Å². The molecule has 0 heterocycles. The van der Waals surface area contributed by atoms with Crippen LogP contribution in [0.2, 0.25) is 10.0 Å². The van der Waals surface area contributed by atoms with E-state index >= 15 is 0 Å². The first kappa shape index (κ1) is 16.7. The molecule has 104 valence electrons. The zero-order valence-corrected chi connectivity index (χ0v) is 13.5. The van der Waals surface area contributed by atoms with Crippen LogP contribution in [-0.4, -0.2) is 18.3 Å². The van der Waals surface area contributed by atoms with Gasteiger partial charge in [-0.05, 0) is 50.3 Å². The Bertz CT molecular complexity index is 453. The maximum absolute atomic E-state index is 9.22. The molecule has 0 aromatic heterocycles. The van der Waals surface area contributed by atoms with Crippen molar-refractivity contribution in [3.05, 3.63) is 28.2 Å². The summed E-state index contributed by atoms with van der Waals surface area (Å²) < 4.78 is 0.